The van der Waals surface area contributed by atoms with Crippen LogP contribution < -0.4 is 29.1 Å². The van der Waals surface area contributed by atoms with Gasteiger partial charge in [0.25, 0.3) is 5.91 Å². The molecule has 0 heterocycles. The lowest BCUT2D eigenvalue weighted by atomic mass is 10.1. The number of nitrogens with one attached hydrogen (secondary N) is 1. The van der Waals surface area contributed by atoms with Crippen molar-refractivity contribution in [1.82, 2.24) is 5.43 Å². The van der Waals surface area contributed by atoms with Gasteiger partial charge in [0.1, 0.15) is 0 Å². The monoisotopic (exact) mass is 430 g/mol. The predicted octanol–water partition coefficient (Wildman–Crippen LogP) is 4.05. The smallest absolute Gasteiger partial charge is 0.271 e. The molecule has 0 unspecified atom stereocenters. The number of nitrogens with zero attached hydrogens (tertiary/aromatic N) is 1. The van der Waals surface area contributed by atoms with E-state index in [-0.39, 0.29) is 0 Å². The molecule has 0 aliphatic heterocycles. The summed E-state index contributed by atoms with van der Waals surface area (Å²) in [7, 11) is 3.14. The van der Waals surface area contributed by atoms with Crippen LogP contribution in [0.2, 0.25) is 0 Å². The summed E-state index contributed by atoms with van der Waals surface area (Å²) in [6, 6.07) is 8.65. The predicted molar refractivity (Wildman–Crippen MR) is 119 cm³/mol. The van der Waals surface area contributed by atoms with Crippen molar-refractivity contribution in [3.8, 4) is 28.7 Å². The van der Waals surface area contributed by atoms with E-state index in [1.807, 2.05) is 26.8 Å². The molecule has 0 aromatic heterocycles. The molecule has 0 aliphatic rings. The van der Waals surface area contributed by atoms with Crippen LogP contribution in [0.3, 0.4) is 0 Å². The van der Waals surface area contributed by atoms with Crippen molar-refractivity contribution >= 4 is 11.6 Å². The maximum absolute atomic E-state index is 12.8. The van der Waals surface area contributed by atoms with Crippen LogP contribution in [0.25, 0.3) is 0 Å². The zero-order valence-electron chi connectivity index (χ0n) is 18.9. The highest BCUT2D eigenvalue weighted by Crippen LogP contribution is 2.39. The molecule has 0 radical (unpaired) electrons. The topological polar surface area (TPSA) is 87.6 Å². The fourth-order valence-electron chi connectivity index (χ4n) is 2.84. The van der Waals surface area contributed by atoms with Crippen LogP contribution in [0, 0.1) is 0 Å². The molecule has 0 bridgehead atoms. The van der Waals surface area contributed by atoms with Gasteiger partial charge in [-0.3, -0.25) is 4.79 Å². The number of methoxy groups -OCH3 is 2. The molecule has 168 valence electrons. The van der Waals surface area contributed by atoms with Gasteiger partial charge < -0.3 is 23.7 Å². The van der Waals surface area contributed by atoms with Crippen molar-refractivity contribution in [1.29, 1.82) is 0 Å². The Balaban J connectivity index is 2.29. The molecule has 8 heteroatoms. The van der Waals surface area contributed by atoms with Gasteiger partial charge in [-0.2, -0.15) is 5.10 Å². The Hall–Kier alpha value is -3.42. The van der Waals surface area contributed by atoms with Crippen molar-refractivity contribution in [2.24, 2.45) is 5.10 Å². The molecule has 0 saturated heterocycles. The minimum atomic E-state index is -0.398. The molecule has 0 fully saturated rings. The summed E-state index contributed by atoms with van der Waals surface area (Å²) in [6.45, 7) is 8.68. The molecule has 2 rings (SSSR count). The lowest BCUT2D eigenvalue weighted by Gasteiger charge is -2.16. The Morgan fingerprint density at radius 2 is 1.35 bits per heavy atom. The number of ether oxygens (including phenoxy) is 5. The van der Waals surface area contributed by atoms with E-state index in [2.05, 4.69) is 10.5 Å². The first kappa shape index (κ1) is 23.9. The molecule has 0 atom stereocenters. The fourth-order valence-corrected chi connectivity index (χ4v) is 2.84. The third-order valence-corrected chi connectivity index (χ3v) is 4.30. The standard InChI is InChI=1S/C23H30N2O6/c1-7-29-20-13-17(14-21(30-8-2)22(20)31-9-3)23(26)25-24-15(4)16-10-11-18(27-5)19(12-16)28-6/h10-14H,7-9H2,1-6H3,(H,25,26). The van der Waals surface area contributed by atoms with E-state index in [0.717, 1.165) is 5.56 Å². The fraction of sp³-hybridized carbons (Fsp3) is 0.391. The van der Waals surface area contributed by atoms with Crippen molar-refractivity contribution < 1.29 is 28.5 Å². The average molecular weight is 431 g/mol. The average Bonchev–Trinajstić information content (AvgIpc) is 2.78. The van der Waals surface area contributed by atoms with Crippen molar-refractivity contribution in [2.75, 3.05) is 34.0 Å². The first-order valence-corrected chi connectivity index (χ1v) is 10.1. The molecule has 1 amide bonds. The molecule has 8 nitrogen and oxygen atoms in total. The van der Waals surface area contributed by atoms with Gasteiger partial charge in [-0.1, -0.05) is 0 Å². The van der Waals surface area contributed by atoms with Gasteiger partial charge in [0.2, 0.25) is 5.75 Å². The number of hydrazone groups is 1. The second-order valence-corrected chi connectivity index (χ2v) is 6.31. The summed E-state index contributed by atoms with van der Waals surface area (Å²) in [6.07, 6.45) is 0. The highest BCUT2D eigenvalue weighted by atomic mass is 16.5. The van der Waals surface area contributed by atoms with Crippen LogP contribution in [0.4, 0.5) is 0 Å². The largest absolute Gasteiger partial charge is 0.493 e. The highest BCUT2D eigenvalue weighted by Gasteiger charge is 2.18. The molecule has 31 heavy (non-hydrogen) atoms. The van der Waals surface area contributed by atoms with E-state index in [0.29, 0.717) is 59.8 Å². The summed E-state index contributed by atoms with van der Waals surface area (Å²) in [5.41, 5.74) is 4.32. The molecule has 2 aromatic rings. The van der Waals surface area contributed by atoms with Crippen LogP contribution in [0.1, 0.15) is 43.6 Å². The van der Waals surface area contributed by atoms with E-state index in [1.165, 1.54) is 0 Å². The van der Waals surface area contributed by atoms with Gasteiger partial charge in [0.05, 0.1) is 39.8 Å². The SMILES string of the molecule is CCOc1cc(C(=O)NN=C(C)c2ccc(OC)c(OC)c2)cc(OCC)c1OCC. The summed E-state index contributed by atoms with van der Waals surface area (Å²) in [5.74, 6) is 2.17. The first-order chi connectivity index (χ1) is 15.0. The molecular formula is C23H30N2O6. The summed E-state index contributed by atoms with van der Waals surface area (Å²) < 4.78 is 27.6. The number of rotatable bonds is 11. The Morgan fingerprint density at radius 3 is 1.87 bits per heavy atom. The molecular weight excluding hydrogens is 400 g/mol. The third kappa shape index (κ3) is 6.04. The zero-order chi connectivity index (χ0) is 22.8. The number of carbonyl (C=O) groups is 1. The first-order valence-electron chi connectivity index (χ1n) is 10.1. The summed E-state index contributed by atoms with van der Waals surface area (Å²) in [5, 5.41) is 4.22. The second-order valence-electron chi connectivity index (χ2n) is 6.31. The van der Waals surface area contributed by atoms with Crippen molar-refractivity contribution in [3.05, 3.63) is 41.5 Å². The van der Waals surface area contributed by atoms with Crippen LogP contribution in [-0.2, 0) is 0 Å². The summed E-state index contributed by atoms with van der Waals surface area (Å²) in [4.78, 5) is 12.8. The second kappa shape index (κ2) is 11.7. The maximum Gasteiger partial charge on any atom is 0.271 e. The quantitative estimate of drug-likeness (QED) is 0.427. The van der Waals surface area contributed by atoms with E-state index >= 15 is 0 Å². The Bertz CT molecular complexity index is 899. The van der Waals surface area contributed by atoms with Crippen molar-refractivity contribution in [2.45, 2.75) is 27.7 Å². The molecule has 1 N–H and O–H groups in total. The molecule has 0 spiro atoms. The highest BCUT2D eigenvalue weighted by molar-refractivity contribution is 6.01. The van der Waals surface area contributed by atoms with Gasteiger partial charge in [-0.05, 0) is 58.0 Å². The Morgan fingerprint density at radius 1 is 0.806 bits per heavy atom. The Kier molecular flexibility index (Phi) is 8.99. The van der Waals surface area contributed by atoms with Crippen LogP contribution in [0.15, 0.2) is 35.4 Å². The van der Waals surface area contributed by atoms with E-state index in [4.69, 9.17) is 23.7 Å². The number of hydrogen-bond donors (Lipinski definition) is 1. The Labute approximate surface area is 183 Å². The minimum absolute atomic E-state index is 0.346. The van der Waals surface area contributed by atoms with Gasteiger partial charge in [0.15, 0.2) is 23.0 Å². The van der Waals surface area contributed by atoms with E-state index in [9.17, 15) is 4.79 Å². The lowest BCUT2D eigenvalue weighted by Crippen LogP contribution is -2.20. The van der Waals surface area contributed by atoms with Gasteiger partial charge in [-0.25, -0.2) is 5.43 Å². The number of benzene rings is 2. The van der Waals surface area contributed by atoms with Crippen molar-refractivity contribution in [3.63, 3.8) is 0 Å². The number of carbonyl (C=O) groups excluding carboxylic acids is 1. The number of hydrogen-bond acceptors (Lipinski definition) is 7. The zero-order valence-corrected chi connectivity index (χ0v) is 18.9. The molecule has 0 saturated carbocycles. The minimum Gasteiger partial charge on any atom is -0.493 e. The summed E-state index contributed by atoms with van der Waals surface area (Å²) >= 11 is 0. The van der Waals surface area contributed by atoms with Crippen LogP contribution in [0.5, 0.6) is 28.7 Å². The van der Waals surface area contributed by atoms with Gasteiger partial charge in [0, 0.05) is 11.1 Å². The molecule has 2 aromatic carbocycles. The van der Waals surface area contributed by atoms with Gasteiger partial charge >= 0.3 is 0 Å². The van der Waals surface area contributed by atoms with E-state index < -0.39 is 5.91 Å². The lowest BCUT2D eigenvalue weighted by molar-refractivity contribution is 0.0953. The molecule has 0 aliphatic carbocycles. The van der Waals surface area contributed by atoms with E-state index in [1.54, 1.807) is 45.4 Å². The van der Waals surface area contributed by atoms with Gasteiger partial charge in [-0.15, -0.1) is 0 Å². The van der Waals surface area contributed by atoms with Crippen LogP contribution >= 0.6 is 0 Å². The maximum atomic E-state index is 12.8. The van der Waals surface area contributed by atoms with Crippen LogP contribution in [-0.4, -0.2) is 45.7 Å². The number of amides is 1. The third-order valence-electron chi connectivity index (χ3n) is 4.30. The normalized spacial score (nSPS) is 11.0.